The van der Waals surface area contributed by atoms with Crippen LogP contribution in [0.15, 0.2) is 30.3 Å². The molecule has 2 heteroatoms. The molecule has 1 saturated carbocycles. The summed E-state index contributed by atoms with van der Waals surface area (Å²) in [7, 11) is 0. The van der Waals surface area contributed by atoms with Crippen LogP contribution >= 0.6 is 0 Å². The first-order valence-corrected chi connectivity index (χ1v) is 8.87. The fourth-order valence-corrected chi connectivity index (χ4v) is 3.75. The number of piperidine rings is 1. The first-order chi connectivity index (χ1) is 10.4. The molecule has 0 radical (unpaired) electrons. The van der Waals surface area contributed by atoms with Gasteiger partial charge in [-0.2, -0.15) is 0 Å². The van der Waals surface area contributed by atoms with Crippen LogP contribution in [0.3, 0.4) is 0 Å². The van der Waals surface area contributed by atoms with Gasteiger partial charge in [0.05, 0.1) is 0 Å². The summed E-state index contributed by atoms with van der Waals surface area (Å²) in [6.45, 7) is 6.14. The minimum absolute atomic E-state index is 0.731. The van der Waals surface area contributed by atoms with E-state index >= 15 is 0 Å². The molecule has 1 aromatic carbocycles. The zero-order valence-corrected chi connectivity index (χ0v) is 13.4. The second-order valence-electron chi connectivity index (χ2n) is 6.87. The molecule has 21 heavy (non-hydrogen) atoms. The SMILES string of the molecule is CCC(Cc1ccccc1)N(CC1CCNCC1)C1CC1. The van der Waals surface area contributed by atoms with E-state index in [0.717, 1.165) is 18.0 Å². The lowest BCUT2D eigenvalue weighted by Gasteiger charge is -2.36. The fraction of sp³-hybridized carbons (Fsp3) is 0.684. The summed E-state index contributed by atoms with van der Waals surface area (Å²) in [5.74, 6) is 0.914. The number of hydrogen-bond acceptors (Lipinski definition) is 2. The van der Waals surface area contributed by atoms with Crippen LogP contribution in [0.5, 0.6) is 0 Å². The first-order valence-electron chi connectivity index (χ1n) is 8.87. The van der Waals surface area contributed by atoms with Gasteiger partial charge in [0.25, 0.3) is 0 Å². The molecule has 1 aromatic rings. The zero-order chi connectivity index (χ0) is 14.5. The van der Waals surface area contributed by atoms with Crippen molar-refractivity contribution in [2.75, 3.05) is 19.6 Å². The monoisotopic (exact) mass is 286 g/mol. The number of nitrogens with one attached hydrogen (secondary N) is 1. The van der Waals surface area contributed by atoms with Gasteiger partial charge in [0, 0.05) is 18.6 Å². The molecule has 1 unspecified atom stereocenters. The van der Waals surface area contributed by atoms with E-state index in [4.69, 9.17) is 0 Å². The smallest absolute Gasteiger partial charge is 0.0136 e. The van der Waals surface area contributed by atoms with Gasteiger partial charge in [-0.25, -0.2) is 0 Å². The Kier molecular flexibility index (Phi) is 5.32. The lowest BCUT2D eigenvalue weighted by Crippen LogP contribution is -2.43. The van der Waals surface area contributed by atoms with Crippen LogP contribution in [-0.2, 0) is 6.42 Å². The van der Waals surface area contributed by atoms with Crippen LogP contribution < -0.4 is 5.32 Å². The third kappa shape index (κ3) is 4.31. The highest BCUT2D eigenvalue weighted by molar-refractivity contribution is 5.16. The molecule has 0 spiro atoms. The first kappa shape index (κ1) is 15.1. The van der Waals surface area contributed by atoms with Crippen LogP contribution in [0.1, 0.15) is 44.6 Å². The molecule has 1 aliphatic heterocycles. The van der Waals surface area contributed by atoms with Crippen molar-refractivity contribution < 1.29 is 0 Å². The van der Waals surface area contributed by atoms with E-state index in [1.54, 1.807) is 0 Å². The molecule has 0 amide bonds. The van der Waals surface area contributed by atoms with Crippen molar-refractivity contribution in [2.24, 2.45) is 5.92 Å². The molecule has 2 nitrogen and oxygen atoms in total. The van der Waals surface area contributed by atoms with Gasteiger partial charge >= 0.3 is 0 Å². The standard InChI is InChI=1S/C19H30N2/c1-2-18(14-16-6-4-3-5-7-16)21(19-8-9-19)15-17-10-12-20-13-11-17/h3-7,17-20H,2,8-15H2,1H3. The normalized spacial score (nSPS) is 21.6. The van der Waals surface area contributed by atoms with Gasteiger partial charge in [-0.05, 0) is 63.1 Å². The van der Waals surface area contributed by atoms with Crippen molar-refractivity contribution in [1.82, 2.24) is 10.2 Å². The topological polar surface area (TPSA) is 15.3 Å². The second-order valence-corrected chi connectivity index (χ2v) is 6.87. The van der Waals surface area contributed by atoms with Crippen molar-refractivity contribution in [3.8, 4) is 0 Å². The molecule has 1 saturated heterocycles. The Balaban J connectivity index is 1.63. The molecule has 2 aliphatic rings. The summed E-state index contributed by atoms with van der Waals surface area (Å²) < 4.78 is 0. The van der Waals surface area contributed by atoms with Crippen molar-refractivity contribution in [2.45, 2.75) is 57.5 Å². The summed E-state index contributed by atoms with van der Waals surface area (Å²) in [5.41, 5.74) is 1.50. The Bertz CT molecular complexity index is 407. The zero-order valence-electron chi connectivity index (χ0n) is 13.4. The number of benzene rings is 1. The number of rotatable bonds is 7. The summed E-state index contributed by atoms with van der Waals surface area (Å²) in [6, 6.07) is 12.7. The maximum atomic E-state index is 3.50. The van der Waals surface area contributed by atoms with Crippen molar-refractivity contribution >= 4 is 0 Å². The van der Waals surface area contributed by atoms with Crippen LogP contribution in [0.25, 0.3) is 0 Å². The average Bonchev–Trinajstić information content (AvgIpc) is 3.37. The van der Waals surface area contributed by atoms with Crippen molar-refractivity contribution in [1.29, 1.82) is 0 Å². The maximum absolute atomic E-state index is 3.50. The Labute approximate surface area is 129 Å². The number of nitrogens with zero attached hydrogens (tertiary/aromatic N) is 1. The van der Waals surface area contributed by atoms with Gasteiger partial charge < -0.3 is 5.32 Å². The van der Waals surface area contributed by atoms with E-state index in [9.17, 15) is 0 Å². The summed E-state index contributed by atoms with van der Waals surface area (Å²) in [6.07, 6.45) is 8.08. The van der Waals surface area contributed by atoms with E-state index in [0.29, 0.717) is 0 Å². The molecule has 1 N–H and O–H groups in total. The largest absolute Gasteiger partial charge is 0.317 e. The van der Waals surface area contributed by atoms with Crippen molar-refractivity contribution in [3.05, 3.63) is 35.9 Å². The summed E-state index contributed by atoms with van der Waals surface area (Å²) in [5, 5.41) is 3.50. The Hall–Kier alpha value is -0.860. The predicted octanol–water partition coefficient (Wildman–Crippen LogP) is 3.47. The van der Waals surface area contributed by atoms with E-state index in [1.165, 1.54) is 63.7 Å². The minimum Gasteiger partial charge on any atom is -0.317 e. The Morgan fingerprint density at radius 1 is 1.10 bits per heavy atom. The Morgan fingerprint density at radius 2 is 1.81 bits per heavy atom. The van der Waals surface area contributed by atoms with Gasteiger partial charge in [-0.15, -0.1) is 0 Å². The van der Waals surface area contributed by atoms with E-state index < -0.39 is 0 Å². The number of hydrogen-bond donors (Lipinski definition) is 1. The molecular weight excluding hydrogens is 256 g/mol. The van der Waals surface area contributed by atoms with Gasteiger partial charge in [0.1, 0.15) is 0 Å². The van der Waals surface area contributed by atoms with E-state index in [2.05, 4.69) is 47.5 Å². The lowest BCUT2D eigenvalue weighted by molar-refractivity contribution is 0.138. The fourth-order valence-electron chi connectivity index (χ4n) is 3.75. The van der Waals surface area contributed by atoms with Gasteiger partial charge in [0.2, 0.25) is 0 Å². The van der Waals surface area contributed by atoms with E-state index in [-0.39, 0.29) is 0 Å². The highest BCUT2D eigenvalue weighted by atomic mass is 15.2. The van der Waals surface area contributed by atoms with Gasteiger partial charge in [0.15, 0.2) is 0 Å². The molecular formula is C19H30N2. The lowest BCUT2D eigenvalue weighted by atomic mass is 9.95. The molecule has 0 bridgehead atoms. The molecule has 0 aromatic heterocycles. The second kappa shape index (κ2) is 7.42. The summed E-state index contributed by atoms with van der Waals surface area (Å²) >= 11 is 0. The van der Waals surface area contributed by atoms with Crippen LogP contribution in [0, 0.1) is 5.92 Å². The van der Waals surface area contributed by atoms with E-state index in [1.807, 2.05) is 0 Å². The third-order valence-electron chi connectivity index (χ3n) is 5.20. The molecule has 3 rings (SSSR count). The van der Waals surface area contributed by atoms with Gasteiger partial charge in [-0.3, -0.25) is 4.90 Å². The maximum Gasteiger partial charge on any atom is 0.0136 e. The quantitative estimate of drug-likeness (QED) is 0.825. The molecule has 116 valence electrons. The predicted molar refractivity (Wildman–Crippen MR) is 89.5 cm³/mol. The highest BCUT2D eigenvalue weighted by Gasteiger charge is 2.34. The third-order valence-corrected chi connectivity index (χ3v) is 5.20. The molecule has 1 aliphatic carbocycles. The highest BCUT2D eigenvalue weighted by Crippen LogP contribution is 2.32. The van der Waals surface area contributed by atoms with Crippen LogP contribution in [-0.4, -0.2) is 36.6 Å². The van der Waals surface area contributed by atoms with Crippen molar-refractivity contribution in [3.63, 3.8) is 0 Å². The van der Waals surface area contributed by atoms with Crippen LogP contribution in [0.2, 0.25) is 0 Å². The molecule has 1 heterocycles. The Morgan fingerprint density at radius 3 is 2.43 bits per heavy atom. The molecule has 1 atom stereocenters. The molecule has 2 fully saturated rings. The average molecular weight is 286 g/mol. The minimum atomic E-state index is 0.731. The van der Waals surface area contributed by atoms with Gasteiger partial charge in [-0.1, -0.05) is 37.3 Å². The summed E-state index contributed by atoms with van der Waals surface area (Å²) in [4.78, 5) is 2.86. The van der Waals surface area contributed by atoms with Crippen LogP contribution in [0.4, 0.5) is 0 Å².